The molecule has 1 rings (SSSR count). The number of aromatic nitrogens is 2. The Bertz CT molecular complexity index is 921. The fraction of sp³-hybridized carbons (Fsp3) is 0.550. The molecular formula is C20H32N8O7. The van der Waals surface area contributed by atoms with Crippen LogP contribution in [0.15, 0.2) is 12.5 Å². The highest BCUT2D eigenvalue weighted by Gasteiger charge is 2.32. The van der Waals surface area contributed by atoms with Gasteiger partial charge in [-0.2, -0.15) is 0 Å². The van der Waals surface area contributed by atoms with Gasteiger partial charge in [-0.25, -0.2) is 9.78 Å². The topological polar surface area (TPSA) is 265 Å². The quantitative estimate of drug-likeness (QED) is 0.120. The van der Waals surface area contributed by atoms with E-state index in [1.54, 1.807) is 6.92 Å². The highest BCUT2D eigenvalue weighted by atomic mass is 16.4. The SMILES string of the molecule is CCC(C)C(N)C(=O)NC(Cc1cnc[nH]1)C(=O)NC(CC(N)=O)C(=O)NC(CC(N)=O)C(=O)O. The fourth-order valence-electron chi connectivity index (χ4n) is 2.96. The van der Waals surface area contributed by atoms with Crippen LogP contribution in [0.4, 0.5) is 0 Å². The average Bonchev–Trinajstić information content (AvgIpc) is 3.28. The van der Waals surface area contributed by atoms with Crippen molar-refractivity contribution in [2.45, 2.75) is 63.7 Å². The molecule has 5 atom stereocenters. The van der Waals surface area contributed by atoms with Crippen molar-refractivity contribution >= 4 is 35.5 Å². The Morgan fingerprint density at radius 2 is 1.46 bits per heavy atom. The van der Waals surface area contributed by atoms with Gasteiger partial charge in [0, 0.05) is 18.3 Å². The fourth-order valence-corrected chi connectivity index (χ4v) is 2.96. The molecule has 0 radical (unpaired) electrons. The first-order valence-corrected chi connectivity index (χ1v) is 10.8. The van der Waals surface area contributed by atoms with E-state index in [-0.39, 0.29) is 12.3 Å². The molecule has 15 heteroatoms. The summed E-state index contributed by atoms with van der Waals surface area (Å²) in [5.74, 6) is -6.26. The van der Waals surface area contributed by atoms with E-state index < -0.39 is 72.5 Å². The highest BCUT2D eigenvalue weighted by Crippen LogP contribution is 2.07. The second-order valence-electron chi connectivity index (χ2n) is 8.05. The number of carbonyl (C=O) groups is 6. The van der Waals surface area contributed by atoms with E-state index in [0.29, 0.717) is 12.1 Å². The van der Waals surface area contributed by atoms with Crippen LogP contribution in [-0.2, 0) is 35.2 Å². The zero-order valence-corrected chi connectivity index (χ0v) is 19.4. The first-order chi connectivity index (χ1) is 16.3. The molecule has 0 fully saturated rings. The van der Waals surface area contributed by atoms with Crippen LogP contribution in [0.1, 0.15) is 38.8 Å². The van der Waals surface area contributed by atoms with E-state index in [2.05, 4.69) is 20.6 Å². The maximum atomic E-state index is 13.0. The van der Waals surface area contributed by atoms with Gasteiger partial charge in [-0.3, -0.25) is 24.0 Å². The van der Waals surface area contributed by atoms with E-state index in [1.165, 1.54) is 12.5 Å². The van der Waals surface area contributed by atoms with Crippen molar-refractivity contribution in [3.63, 3.8) is 0 Å². The lowest BCUT2D eigenvalue weighted by Gasteiger charge is -2.25. The summed E-state index contributed by atoms with van der Waals surface area (Å²) in [6.07, 6.45) is 1.95. The summed E-state index contributed by atoms with van der Waals surface area (Å²) in [6.45, 7) is 3.62. The van der Waals surface area contributed by atoms with Crippen LogP contribution in [0.3, 0.4) is 0 Å². The Labute approximate surface area is 200 Å². The molecule has 0 saturated carbocycles. The van der Waals surface area contributed by atoms with Crippen LogP contribution < -0.4 is 33.2 Å². The monoisotopic (exact) mass is 496 g/mol. The minimum Gasteiger partial charge on any atom is -0.480 e. The third-order valence-corrected chi connectivity index (χ3v) is 5.23. The van der Waals surface area contributed by atoms with Crippen molar-refractivity contribution in [2.75, 3.05) is 0 Å². The summed E-state index contributed by atoms with van der Waals surface area (Å²) in [5, 5.41) is 16.1. The van der Waals surface area contributed by atoms with Crippen molar-refractivity contribution in [3.05, 3.63) is 18.2 Å². The summed E-state index contributed by atoms with van der Waals surface area (Å²) in [5.41, 5.74) is 16.6. The molecule has 0 aromatic carbocycles. The molecule has 0 spiro atoms. The molecular weight excluding hydrogens is 464 g/mol. The number of primary amides is 2. The van der Waals surface area contributed by atoms with Gasteiger partial charge in [0.1, 0.15) is 18.1 Å². The van der Waals surface area contributed by atoms with Crippen LogP contribution in [0.25, 0.3) is 0 Å². The minimum absolute atomic E-state index is 0.0604. The number of aromatic amines is 1. The van der Waals surface area contributed by atoms with E-state index in [0.717, 1.165) is 0 Å². The number of nitrogens with one attached hydrogen (secondary N) is 4. The van der Waals surface area contributed by atoms with Crippen LogP contribution in [-0.4, -0.2) is 74.7 Å². The van der Waals surface area contributed by atoms with Gasteiger partial charge in [0.15, 0.2) is 0 Å². The zero-order chi connectivity index (χ0) is 26.7. The largest absolute Gasteiger partial charge is 0.480 e. The Kier molecular flexibility index (Phi) is 11.3. The molecule has 35 heavy (non-hydrogen) atoms. The lowest BCUT2D eigenvalue weighted by molar-refractivity contribution is -0.144. The smallest absolute Gasteiger partial charge is 0.326 e. The molecule has 0 aliphatic heterocycles. The molecule has 1 aromatic heterocycles. The lowest BCUT2D eigenvalue weighted by atomic mass is 9.98. The third kappa shape index (κ3) is 9.79. The minimum atomic E-state index is -1.69. The number of hydrogen-bond acceptors (Lipinski definition) is 8. The molecule has 5 amide bonds. The van der Waals surface area contributed by atoms with Gasteiger partial charge in [0.2, 0.25) is 29.5 Å². The highest BCUT2D eigenvalue weighted by molar-refractivity contribution is 5.96. The number of H-pyrrole nitrogens is 1. The molecule has 11 N–H and O–H groups in total. The van der Waals surface area contributed by atoms with E-state index in [9.17, 15) is 33.9 Å². The molecule has 0 aliphatic rings. The molecule has 1 heterocycles. The van der Waals surface area contributed by atoms with E-state index in [1.807, 2.05) is 12.2 Å². The number of hydrogen-bond donors (Lipinski definition) is 8. The van der Waals surface area contributed by atoms with Crippen molar-refractivity contribution in [2.24, 2.45) is 23.1 Å². The van der Waals surface area contributed by atoms with Crippen molar-refractivity contribution in [1.29, 1.82) is 0 Å². The molecule has 1 aromatic rings. The van der Waals surface area contributed by atoms with Crippen molar-refractivity contribution in [3.8, 4) is 0 Å². The first kappa shape index (κ1) is 29.0. The molecule has 15 nitrogen and oxygen atoms in total. The Morgan fingerprint density at radius 3 is 1.94 bits per heavy atom. The van der Waals surface area contributed by atoms with Gasteiger partial charge < -0.3 is 43.2 Å². The van der Waals surface area contributed by atoms with E-state index in [4.69, 9.17) is 17.2 Å². The van der Waals surface area contributed by atoms with Crippen LogP contribution >= 0.6 is 0 Å². The number of carbonyl (C=O) groups excluding carboxylic acids is 5. The zero-order valence-electron chi connectivity index (χ0n) is 19.4. The number of aliphatic carboxylic acids is 1. The van der Waals surface area contributed by atoms with Gasteiger partial charge in [0.25, 0.3) is 0 Å². The maximum absolute atomic E-state index is 13.0. The van der Waals surface area contributed by atoms with Gasteiger partial charge >= 0.3 is 5.97 Å². The number of amides is 5. The van der Waals surface area contributed by atoms with Crippen LogP contribution in [0.5, 0.6) is 0 Å². The lowest BCUT2D eigenvalue weighted by Crippen LogP contribution is -2.58. The number of rotatable bonds is 15. The summed E-state index contributed by atoms with van der Waals surface area (Å²) in [4.78, 5) is 78.8. The number of carboxylic acid groups (broad SMARTS) is 1. The molecule has 0 bridgehead atoms. The number of carboxylic acids is 1. The molecule has 5 unspecified atom stereocenters. The maximum Gasteiger partial charge on any atom is 0.326 e. The van der Waals surface area contributed by atoms with Crippen LogP contribution in [0, 0.1) is 5.92 Å². The molecule has 0 aliphatic carbocycles. The van der Waals surface area contributed by atoms with Gasteiger partial charge in [0.05, 0.1) is 25.2 Å². The Balaban J connectivity index is 3.09. The standard InChI is InChI=1S/C20H32N8O7/c1-3-9(2)16(23)19(33)27-11(4-10-7-24-8-25-10)17(31)26-12(5-14(21)29)18(32)28-13(20(34)35)6-15(22)30/h7-9,11-13,16H,3-6,23H2,1-2H3,(H2,21,29)(H2,22,30)(H,24,25)(H,26,31)(H,27,33)(H,28,32)(H,34,35). The summed E-state index contributed by atoms with van der Waals surface area (Å²) < 4.78 is 0. The third-order valence-electron chi connectivity index (χ3n) is 5.23. The summed E-state index contributed by atoms with van der Waals surface area (Å²) >= 11 is 0. The van der Waals surface area contributed by atoms with Crippen molar-refractivity contribution < 1.29 is 33.9 Å². The van der Waals surface area contributed by atoms with Gasteiger partial charge in [-0.05, 0) is 5.92 Å². The second kappa shape index (κ2) is 13.6. The van der Waals surface area contributed by atoms with E-state index >= 15 is 0 Å². The Morgan fingerprint density at radius 1 is 0.943 bits per heavy atom. The number of nitrogens with zero attached hydrogens (tertiary/aromatic N) is 1. The second-order valence-corrected chi connectivity index (χ2v) is 8.05. The summed E-state index contributed by atoms with van der Waals surface area (Å²) in [7, 11) is 0. The van der Waals surface area contributed by atoms with Gasteiger partial charge in [-0.1, -0.05) is 20.3 Å². The molecule has 0 saturated heterocycles. The average molecular weight is 497 g/mol. The Hall–Kier alpha value is -4.01. The summed E-state index contributed by atoms with van der Waals surface area (Å²) in [6, 6.07) is -5.44. The van der Waals surface area contributed by atoms with Crippen molar-refractivity contribution in [1.82, 2.24) is 25.9 Å². The number of imidazole rings is 1. The predicted octanol–water partition coefficient (Wildman–Crippen LogP) is -3.38. The van der Waals surface area contributed by atoms with Gasteiger partial charge in [-0.15, -0.1) is 0 Å². The normalized spacial score (nSPS) is 15.1. The number of nitrogens with two attached hydrogens (primary N) is 3. The van der Waals surface area contributed by atoms with Crippen LogP contribution in [0.2, 0.25) is 0 Å². The first-order valence-electron chi connectivity index (χ1n) is 10.8. The molecule has 194 valence electrons. The predicted molar refractivity (Wildman–Crippen MR) is 121 cm³/mol.